The molecule has 0 fully saturated rings. The molecule has 0 aromatic heterocycles. The number of fused-ring (bicyclic) bond motifs is 1. The predicted molar refractivity (Wildman–Crippen MR) is 77.6 cm³/mol. The second-order valence-corrected chi connectivity index (χ2v) is 5.99. The summed E-state index contributed by atoms with van der Waals surface area (Å²) in [7, 11) is 1.70. The minimum atomic E-state index is -0.415. The van der Waals surface area contributed by atoms with Crippen molar-refractivity contribution >= 4 is 0 Å². The smallest absolute Gasteiger partial charge is 0.122 e. The van der Waals surface area contributed by atoms with Crippen LogP contribution in [0.1, 0.15) is 56.4 Å². The van der Waals surface area contributed by atoms with E-state index >= 15 is 0 Å². The van der Waals surface area contributed by atoms with E-state index in [9.17, 15) is 5.11 Å². The van der Waals surface area contributed by atoms with Crippen molar-refractivity contribution in [2.24, 2.45) is 0 Å². The molecular formula is C16H25NO2. The van der Waals surface area contributed by atoms with Crippen LogP contribution in [0.2, 0.25) is 0 Å². The molecule has 1 heterocycles. The van der Waals surface area contributed by atoms with Gasteiger partial charge >= 0.3 is 0 Å². The number of methoxy groups -OCH3 is 1. The van der Waals surface area contributed by atoms with Crippen LogP contribution in [0.4, 0.5) is 0 Å². The number of aliphatic hydroxyl groups excluding tert-OH is 1. The lowest BCUT2D eigenvalue weighted by Crippen LogP contribution is -2.38. The molecular weight excluding hydrogens is 238 g/mol. The molecule has 0 bridgehead atoms. The molecule has 1 unspecified atom stereocenters. The quantitative estimate of drug-likeness (QED) is 0.909. The molecule has 1 aromatic rings. The Morgan fingerprint density at radius 2 is 1.95 bits per heavy atom. The number of ether oxygens (including phenoxy) is 1. The zero-order valence-corrected chi connectivity index (χ0v) is 12.6. The van der Waals surface area contributed by atoms with E-state index in [0.29, 0.717) is 18.5 Å². The molecule has 0 saturated carbocycles. The fourth-order valence-electron chi connectivity index (χ4n) is 2.73. The van der Waals surface area contributed by atoms with Gasteiger partial charge in [0.2, 0.25) is 0 Å². The van der Waals surface area contributed by atoms with Crippen LogP contribution in [-0.2, 0) is 6.54 Å². The van der Waals surface area contributed by atoms with Gasteiger partial charge in [0.15, 0.2) is 0 Å². The molecule has 3 nitrogen and oxygen atoms in total. The summed E-state index contributed by atoms with van der Waals surface area (Å²) in [5, 5.41) is 10.3. The summed E-state index contributed by atoms with van der Waals surface area (Å²) < 4.78 is 5.47. The Bertz CT molecular complexity index is 454. The first kappa shape index (κ1) is 14.4. The van der Waals surface area contributed by atoms with Crippen molar-refractivity contribution in [2.45, 2.75) is 52.3 Å². The third-order valence-electron chi connectivity index (χ3n) is 3.98. The molecule has 3 heteroatoms. The molecule has 0 aliphatic carbocycles. The van der Waals surface area contributed by atoms with Gasteiger partial charge in [-0.2, -0.15) is 0 Å². The maximum absolute atomic E-state index is 10.3. The van der Waals surface area contributed by atoms with Crippen LogP contribution in [0, 0.1) is 0 Å². The minimum Gasteiger partial charge on any atom is -0.496 e. The van der Waals surface area contributed by atoms with Gasteiger partial charge in [0.1, 0.15) is 5.75 Å². The Balaban J connectivity index is 2.44. The van der Waals surface area contributed by atoms with Crippen LogP contribution < -0.4 is 4.74 Å². The summed E-state index contributed by atoms with van der Waals surface area (Å²) in [4.78, 5) is 2.31. The Morgan fingerprint density at radius 3 is 2.47 bits per heavy atom. The van der Waals surface area contributed by atoms with E-state index in [0.717, 1.165) is 17.9 Å². The first-order chi connectivity index (χ1) is 8.93. The van der Waals surface area contributed by atoms with Crippen LogP contribution >= 0.6 is 0 Å². The number of β-amino-alcohol motifs (C(OH)–C–C–N with tert-alkyl or cyclic N) is 1. The van der Waals surface area contributed by atoms with Crippen LogP contribution in [-0.4, -0.2) is 29.7 Å². The van der Waals surface area contributed by atoms with E-state index in [2.05, 4.69) is 38.7 Å². The average molecular weight is 263 g/mol. The van der Waals surface area contributed by atoms with Crippen LogP contribution in [0.15, 0.2) is 12.1 Å². The first-order valence-electron chi connectivity index (χ1n) is 7.06. The summed E-state index contributed by atoms with van der Waals surface area (Å²) in [6, 6.07) is 4.68. The van der Waals surface area contributed by atoms with Crippen LogP contribution in [0.25, 0.3) is 0 Å². The van der Waals surface area contributed by atoms with Crippen molar-refractivity contribution in [3.05, 3.63) is 28.8 Å². The number of hydrogen-bond donors (Lipinski definition) is 1. The third kappa shape index (κ3) is 2.77. The molecule has 0 amide bonds. The van der Waals surface area contributed by atoms with Crippen molar-refractivity contribution in [3.8, 4) is 5.75 Å². The lowest BCUT2D eigenvalue weighted by atomic mass is 9.90. The third-order valence-corrected chi connectivity index (χ3v) is 3.98. The molecule has 1 aliphatic heterocycles. The topological polar surface area (TPSA) is 32.7 Å². The number of hydrogen-bond acceptors (Lipinski definition) is 3. The molecule has 1 N–H and O–H groups in total. The summed E-state index contributed by atoms with van der Waals surface area (Å²) in [5.74, 6) is 1.32. The van der Waals surface area contributed by atoms with Gasteiger partial charge in [0.25, 0.3) is 0 Å². The predicted octanol–water partition coefficient (Wildman–Crippen LogP) is 3.08. The van der Waals surface area contributed by atoms with E-state index < -0.39 is 6.10 Å². The van der Waals surface area contributed by atoms with Gasteiger partial charge in [-0.1, -0.05) is 19.9 Å². The van der Waals surface area contributed by atoms with Gasteiger partial charge in [-0.3, -0.25) is 4.90 Å². The van der Waals surface area contributed by atoms with Gasteiger partial charge in [0, 0.05) is 19.1 Å². The molecule has 0 saturated heterocycles. The second kappa shape index (κ2) is 5.51. The van der Waals surface area contributed by atoms with Gasteiger partial charge in [-0.05, 0) is 42.5 Å². The van der Waals surface area contributed by atoms with Gasteiger partial charge in [-0.15, -0.1) is 0 Å². The molecule has 106 valence electrons. The molecule has 1 atom stereocenters. The Kier molecular flexibility index (Phi) is 4.16. The van der Waals surface area contributed by atoms with E-state index in [1.54, 1.807) is 7.11 Å². The highest BCUT2D eigenvalue weighted by Gasteiger charge is 2.27. The van der Waals surface area contributed by atoms with Crippen LogP contribution in [0.3, 0.4) is 0 Å². The lowest BCUT2D eigenvalue weighted by molar-refractivity contribution is 0.0741. The zero-order valence-electron chi connectivity index (χ0n) is 12.6. The normalized spacial score (nSPS) is 19.9. The fourth-order valence-corrected chi connectivity index (χ4v) is 2.73. The maximum Gasteiger partial charge on any atom is 0.122 e. The Labute approximate surface area is 116 Å². The minimum absolute atomic E-state index is 0.415. The van der Waals surface area contributed by atoms with Gasteiger partial charge in [-0.25, -0.2) is 0 Å². The van der Waals surface area contributed by atoms with Crippen molar-refractivity contribution in [3.63, 3.8) is 0 Å². The summed E-state index contributed by atoms with van der Waals surface area (Å²) in [5.41, 5.74) is 3.48. The largest absolute Gasteiger partial charge is 0.496 e. The number of aliphatic hydroxyl groups is 1. The zero-order chi connectivity index (χ0) is 14.2. The maximum atomic E-state index is 10.3. The number of nitrogens with zero attached hydrogens (tertiary/aromatic N) is 1. The van der Waals surface area contributed by atoms with E-state index in [-0.39, 0.29) is 0 Å². The highest BCUT2D eigenvalue weighted by atomic mass is 16.5. The Hall–Kier alpha value is -1.06. The van der Waals surface area contributed by atoms with Crippen molar-refractivity contribution in [2.75, 3.05) is 13.7 Å². The van der Waals surface area contributed by atoms with Gasteiger partial charge in [0.05, 0.1) is 13.2 Å². The van der Waals surface area contributed by atoms with E-state index in [1.165, 1.54) is 11.1 Å². The Morgan fingerprint density at radius 1 is 1.26 bits per heavy atom. The lowest BCUT2D eigenvalue weighted by Gasteiger charge is -2.35. The van der Waals surface area contributed by atoms with Crippen LogP contribution in [0.5, 0.6) is 5.75 Å². The summed E-state index contributed by atoms with van der Waals surface area (Å²) >= 11 is 0. The highest BCUT2D eigenvalue weighted by molar-refractivity contribution is 5.46. The summed E-state index contributed by atoms with van der Waals surface area (Å²) in [6.07, 6.45) is -0.415. The number of benzene rings is 1. The molecule has 2 rings (SSSR count). The first-order valence-corrected chi connectivity index (χ1v) is 7.06. The standard InChI is InChI=1S/C16H25NO2/c1-10(2)13-6-12-8-17(11(3)4)9-15(18)14(12)7-16(13)19-5/h6-7,10-11,15,18H,8-9H2,1-5H3. The van der Waals surface area contributed by atoms with E-state index in [4.69, 9.17) is 4.74 Å². The average Bonchev–Trinajstić information content (AvgIpc) is 2.36. The molecule has 19 heavy (non-hydrogen) atoms. The highest BCUT2D eigenvalue weighted by Crippen LogP contribution is 2.36. The number of rotatable bonds is 3. The van der Waals surface area contributed by atoms with E-state index in [1.807, 2.05) is 6.07 Å². The molecule has 0 spiro atoms. The van der Waals surface area contributed by atoms with Crippen molar-refractivity contribution in [1.29, 1.82) is 0 Å². The molecule has 1 aromatic carbocycles. The molecule has 0 radical (unpaired) electrons. The van der Waals surface area contributed by atoms with Gasteiger partial charge < -0.3 is 9.84 Å². The SMILES string of the molecule is COc1cc2c(cc1C(C)C)CN(C(C)C)CC2O. The van der Waals surface area contributed by atoms with Crippen molar-refractivity contribution in [1.82, 2.24) is 4.90 Å². The summed E-state index contributed by atoms with van der Waals surface area (Å²) in [6.45, 7) is 10.3. The molecule has 1 aliphatic rings. The fraction of sp³-hybridized carbons (Fsp3) is 0.625. The second-order valence-electron chi connectivity index (χ2n) is 5.99. The monoisotopic (exact) mass is 263 g/mol. The van der Waals surface area contributed by atoms with Crippen molar-refractivity contribution < 1.29 is 9.84 Å².